The first-order chi connectivity index (χ1) is 11.1. The SMILES string of the molecule is COCCNC(=O)C1(C(=O)NCCc2cccc(OC)c2)CC1. The van der Waals surface area contributed by atoms with E-state index in [-0.39, 0.29) is 11.8 Å². The van der Waals surface area contributed by atoms with Crippen LogP contribution in [0.15, 0.2) is 24.3 Å². The van der Waals surface area contributed by atoms with Crippen LogP contribution in [0.5, 0.6) is 5.75 Å². The molecule has 1 saturated carbocycles. The zero-order valence-corrected chi connectivity index (χ0v) is 13.7. The van der Waals surface area contributed by atoms with Crippen LogP contribution in [-0.4, -0.2) is 45.7 Å². The topological polar surface area (TPSA) is 76.7 Å². The molecule has 2 rings (SSSR count). The van der Waals surface area contributed by atoms with Crippen molar-refractivity contribution in [1.82, 2.24) is 10.6 Å². The molecule has 0 radical (unpaired) electrons. The van der Waals surface area contributed by atoms with Crippen LogP contribution in [-0.2, 0) is 20.7 Å². The van der Waals surface area contributed by atoms with Crippen LogP contribution in [0.1, 0.15) is 18.4 Å². The molecule has 0 heterocycles. The van der Waals surface area contributed by atoms with E-state index >= 15 is 0 Å². The molecule has 6 heteroatoms. The Morgan fingerprint density at radius 3 is 2.43 bits per heavy atom. The van der Waals surface area contributed by atoms with Gasteiger partial charge in [0, 0.05) is 20.2 Å². The van der Waals surface area contributed by atoms with E-state index in [0.717, 1.165) is 11.3 Å². The van der Waals surface area contributed by atoms with E-state index in [4.69, 9.17) is 9.47 Å². The number of nitrogens with one attached hydrogen (secondary N) is 2. The van der Waals surface area contributed by atoms with Crippen LogP contribution in [0, 0.1) is 5.41 Å². The molecule has 1 aromatic carbocycles. The first-order valence-corrected chi connectivity index (χ1v) is 7.81. The second-order valence-electron chi connectivity index (χ2n) is 5.69. The summed E-state index contributed by atoms with van der Waals surface area (Å²) in [7, 11) is 3.20. The third kappa shape index (κ3) is 4.45. The molecule has 0 aliphatic heterocycles. The number of ether oxygens (including phenoxy) is 2. The number of methoxy groups -OCH3 is 2. The lowest BCUT2D eigenvalue weighted by Gasteiger charge is -2.15. The minimum Gasteiger partial charge on any atom is -0.497 e. The maximum atomic E-state index is 12.3. The zero-order chi connectivity index (χ0) is 16.7. The van der Waals surface area contributed by atoms with E-state index in [1.807, 2.05) is 24.3 Å². The summed E-state index contributed by atoms with van der Waals surface area (Å²) in [5.41, 5.74) is 0.210. The average Bonchev–Trinajstić information content (AvgIpc) is 3.37. The minimum atomic E-state index is -0.873. The molecular formula is C17H24N2O4. The number of benzene rings is 1. The van der Waals surface area contributed by atoms with Crippen LogP contribution in [0.3, 0.4) is 0 Å². The monoisotopic (exact) mass is 320 g/mol. The van der Waals surface area contributed by atoms with Gasteiger partial charge in [0.15, 0.2) is 0 Å². The van der Waals surface area contributed by atoms with E-state index in [0.29, 0.717) is 39.0 Å². The van der Waals surface area contributed by atoms with E-state index < -0.39 is 5.41 Å². The first-order valence-electron chi connectivity index (χ1n) is 7.81. The summed E-state index contributed by atoms with van der Waals surface area (Å²) in [5.74, 6) is 0.411. The van der Waals surface area contributed by atoms with Crippen LogP contribution in [0.25, 0.3) is 0 Å². The second-order valence-corrected chi connectivity index (χ2v) is 5.69. The molecule has 2 N–H and O–H groups in total. The van der Waals surface area contributed by atoms with E-state index in [9.17, 15) is 9.59 Å². The van der Waals surface area contributed by atoms with Gasteiger partial charge in [-0.05, 0) is 37.0 Å². The Balaban J connectivity index is 1.79. The summed E-state index contributed by atoms with van der Waals surface area (Å²) in [4.78, 5) is 24.4. The molecule has 0 aromatic heterocycles. The van der Waals surface area contributed by atoms with Crippen molar-refractivity contribution in [2.45, 2.75) is 19.3 Å². The van der Waals surface area contributed by atoms with E-state index in [2.05, 4.69) is 10.6 Å². The van der Waals surface area contributed by atoms with E-state index in [1.165, 1.54) is 0 Å². The summed E-state index contributed by atoms with van der Waals surface area (Å²) < 4.78 is 10.1. The maximum absolute atomic E-state index is 12.3. The Kier molecular flexibility index (Phi) is 5.98. The number of hydrogen-bond donors (Lipinski definition) is 2. The highest BCUT2D eigenvalue weighted by Crippen LogP contribution is 2.46. The Morgan fingerprint density at radius 2 is 1.83 bits per heavy atom. The molecule has 0 atom stereocenters. The van der Waals surface area contributed by atoms with Gasteiger partial charge in [0.2, 0.25) is 11.8 Å². The zero-order valence-electron chi connectivity index (χ0n) is 13.7. The fourth-order valence-corrected chi connectivity index (χ4v) is 2.44. The summed E-state index contributed by atoms with van der Waals surface area (Å²) in [6.45, 7) is 1.37. The molecule has 6 nitrogen and oxygen atoms in total. The smallest absolute Gasteiger partial charge is 0.235 e. The van der Waals surface area contributed by atoms with Crippen molar-refractivity contribution in [3.05, 3.63) is 29.8 Å². The van der Waals surface area contributed by atoms with Crippen molar-refractivity contribution in [2.75, 3.05) is 33.9 Å². The highest BCUT2D eigenvalue weighted by molar-refractivity contribution is 6.07. The van der Waals surface area contributed by atoms with Crippen molar-refractivity contribution >= 4 is 11.8 Å². The first kappa shape index (κ1) is 17.3. The summed E-state index contributed by atoms with van der Waals surface area (Å²) in [5, 5.41) is 5.62. The standard InChI is InChI=1S/C17H24N2O4/c1-22-11-10-19-16(21)17(7-8-17)15(20)18-9-6-13-4-3-5-14(12-13)23-2/h3-5,12H,6-11H2,1-2H3,(H,18,20)(H,19,21). The summed E-state index contributed by atoms with van der Waals surface area (Å²) in [6.07, 6.45) is 1.91. The fourth-order valence-electron chi connectivity index (χ4n) is 2.44. The molecular weight excluding hydrogens is 296 g/mol. The van der Waals surface area contributed by atoms with E-state index in [1.54, 1.807) is 14.2 Å². The molecule has 23 heavy (non-hydrogen) atoms. The van der Waals surface area contributed by atoms with Crippen LogP contribution < -0.4 is 15.4 Å². The van der Waals surface area contributed by atoms with Gasteiger partial charge in [-0.15, -0.1) is 0 Å². The van der Waals surface area contributed by atoms with Crippen molar-refractivity contribution in [1.29, 1.82) is 0 Å². The van der Waals surface area contributed by atoms with Gasteiger partial charge in [0.1, 0.15) is 11.2 Å². The lowest BCUT2D eigenvalue weighted by molar-refractivity contribution is -0.137. The molecule has 1 aromatic rings. The summed E-state index contributed by atoms with van der Waals surface area (Å²) >= 11 is 0. The van der Waals surface area contributed by atoms with Gasteiger partial charge in [0.25, 0.3) is 0 Å². The Morgan fingerprint density at radius 1 is 1.13 bits per heavy atom. The molecule has 126 valence electrons. The molecule has 2 amide bonds. The maximum Gasteiger partial charge on any atom is 0.235 e. The van der Waals surface area contributed by atoms with Gasteiger partial charge >= 0.3 is 0 Å². The van der Waals surface area contributed by atoms with Crippen molar-refractivity contribution < 1.29 is 19.1 Å². The lowest BCUT2D eigenvalue weighted by atomic mass is 10.0. The van der Waals surface area contributed by atoms with Gasteiger partial charge in [-0.2, -0.15) is 0 Å². The molecule has 1 aliphatic rings. The van der Waals surface area contributed by atoms with Crippen molar-refractivity contribution in [3.8, 4) is 5.75 Å². The number of carbonyl (C=O) groups excluding carboxylic acids is 2. The highest BCUT2D eigenvalue weighted by atomic mass is 16.5. The third-order valence-corrected chi connectivity index (χ3v) is 4.04. The minimum absolute atomic E-state index is 0.185. The molecule has 0 unspecified atom stereocenters. The molecule has 0 bridgehead atoms. The van der Waals surface area contributed by atoms with Crippen molar-refractivity contribution in [2.24, 2.45) is 5.41 Å². The largest absolute Gasteiger partial charge is 0.497 e. The molecule has 1 fully saturated rings. The molecule has 1 aliphatic carbocycles. The highest BCUT2D eigenvalue weighted by Gasteiger charge is 2.56. The van der Waals surface area contributed by atoms with Crippen LogP contribution in [0.4, 0.5) is 0 Å². The molecule has 0 saturated heterocycles. The van der Waals surface area contributed by atoms with Crippen LogP contribution >= 0.6 is 0 Å². The predicted molar refractivity (Wildman–Crippen MR) is 86.3 cm³/mol. The van der Waals surface area contributed by atoms with Gasteiger partial charge in [0.05, 0.1) is 13.7 Å². The van der Waals surface area contributed by atoms with Crippen molar-refractivity contribution in [3.63, 3.8) is 0 Å². The van der Waals surface area contributed by atoms with Crippen LogP contribution in [0.2, 0.25) is 0 Å². The number of amides is 2. The quantitative estimate of drug-likeness (QED) is 0.523. The Labute approximate surface area is 136 Å². The van der Waals surface area contributed by atoms with Gasteiger partial charge in [-0.25, -0.2) is 0 Å². The Hall–Kier alpha value is -2.08. The third-order valence-electron chi connectivity index (χ3n) is 4.04. The fraction of sp³-hybridized carbons (Fsp3) is 0.529. The van der Waals surface area contributed by atoms with Gasteiger partial charge in [-0.3, -0.25) is 9.59 Å². The number of carbonyl (C=O) groups is 2. The number of rotatable bonds is 9. The van der Waals surface area contributed by atoms with Gasteiger partial charge in [-0.1, -0.05) is 12.1 Å². The average molecular weight is 320 g/mol. The predicted octanol–water partition coefficient (Wildman–Crippen LogP) is 0.897. The lowest BCUT2D eigenvalue weighted by Crippen LogP contribution is -2.44. The normalized spacial score (nSPS) is 14.9. The molecule has 0 spiro atoms. The van der Waals surface area contributed by atoms with Gasteiger partial charge < -0.3 is 20.1 Å². The Bertz CT molecular complexity index is 555. The summed E-state index contributed by atoms with van der Waals surface area (Å²) in [6, 6.07) is 7.72. The number of hydrogen-bond acceptors (Lipinski definition) is 4. The second kappa shape index (κ2) is 7.97.